The van der Waals surface area contributed by atoms with Gasteiger partial charge in [0.1, 0.15) is 0 Å². The molecule has 0 N–H and O–H groups in total. The Morgan fingerprint density at radius 2 is 2.00 bits per heavy atom. The van der Waals surface area contributed by atoms with Gasteiger partial charge in [-0.2, -0.15) is 12.6 Å². The summed E-state index contributed by atoms with van der Waals surface area (Å²) in [5.74, 6) is 1.25. The molecule has 66 valence electrons. The molecule has 1 aromatic carbocycles. The van der Waals surface area contributed by atoms with E-state index in [1.165, 1.54) is 5.56 Å². The SMILES string of the molecule is COCC(CS)c1ccccc1. The number of rotatable bonds is 4. The minimum absolute atomic E-state index is 0.416. The van der Waals surface area contributed by atoms with Gasteiger partial charge >= 0.3 is 0 Å². The molecule has 12 heavy (non-hydrogen) atoms. The van der Waals surface area contributed by atoms with Crippen molar-refractivity contribution in [2.45, 2.75) is 5.92 Å². The zero-order valence-electron chi connectivity index (χ0n) is 7.23. The second kappa shape index (κ2) is 5.22. The first-order valence-corrected chi connectivity index (χ1v) is 4.66. The van der Waals surface area contributed by atoms with E-state index >= 15 is 0 Å². The zero-order valence-corrected chi connectivity index (χ0v) is 8.13. The van der Waals surface area contributed by atoms with Gasteiger partial charge in [-0.25, -0.2) is 0 Å². The Bertz CT molecular complexity index is 210. The number of hydrogen-bond acceptors (Lipinski definition) is 2. The molecular weight excluding hydrogens is 168 g/mol. The molecule has 1 aromatic rings. The second-order valence-electron chi connectivity index (χ2n) is 2.75. The number of benzene rings is 1. The Labute approximate surface area is 79.2 Å². The largest absolute Gasteiger partial charge is 0.384 e. The highest BCUT2D eigenvalue weighted by atomic mass is 32.1. The summed E-state index contributed by atoms with van der Waals surface area (Å²) in [6, 6.07) is 10.3. The molecule has 1 rings (SSSR count). The highest BCUT2D eigenvalue weighted by molar-refractivity contribution is 7.80. The van der Waals surface area contributed by atoms with Crippen LogP contribution in [-0.2, 0) is 4.74 Å². The lowest BCUT2D eigenvalue weighted by Gasteiger charge is -2.12. The molecule has 0 bridgehead atoms. The van der Waals surface area contributed by atoms with Crippen LogP contribution in [0, 0.1) is 0 Å². The van der Waals surface area contributed by atoms with E-state index < -0.39 is 0 Å². The molecule has 0 spiro atoms. The normalized spacial score (nSPS) is 12.8. The van der Waals surface area contributed by atoms with Gasteiger partial charge in [-0.05, 0) is 11.3 Å². The summed E-state index contributed by atoms with van der Waals surface area (Å²) in [5.41, 5.74) is 1.30. The van der Waals surface area contributed by atoms with Crippen LogP contribution in [0.5, 0.6) is 0 Å². The Kier molecular flexibility index (Phi) is 4.19. The topological polar surface area (TPSA) is 9.23 Å². The maximum atomic E-state index is 5.10. The van der Waals surface area contributed by atoms with E-state index in [1.807, 2.05) is 18.2 Å². The van der Waals surface area contributed by atoms with Crippen LogP contribution < -0.4 is 0 Å². The Morgan fingerprint density at radius 1 is 1.33 bits per heavy atom. The molecule has 1 nitrogen and oxygen atoms in total. The van der Waals surface area contributed by atoms with Gasteiger partial charge in [0.05, 0.1) is 6.61 Å². The molecule has 2 heteroatoms. The fourth-order valence-electron chi connectivity index (χ4n) is 1.18. The summed E-state index contributed by atoms with van der Waals surface area (Å²) >= 11 is 4.28. The first kappa shape index (κ1) is 9.62. The van der Waals surface area contributed by atoms with Crippen molar-refractivity contribution in [2.24, 2.45) is 0 Å². The predicted molar refractivity (Wildman–Crippen MR) is 54.9 cm³/mol. The van der Waals surface area contributed by atoms with Crippen molar-refractivity contribution >= 4 is 12.6 Å². The third kappa shape index (κ3) is 2.54. The van der Waals surface area contributed by atoms with Crippen LogP contribution in [0.1, 0.15) is 11.5 Å². The number of methoxy groups -OCH3 is 1. The minimum atomic E-state index is 0.416. The molecule has 0 heterocycles. The van der Waals surface area contributed by atoms with E-state index in [1.54, 1.807) is 7.11 Å². The van der Waals surface area contributed by atoms with Crippen LogP contribution in [0.3, 0.4) is 0 Å². The van der Waals surface area contributed by atoms with Gasteiger partial charge in [0.15, 0.2) is 0 Å². The van der Waals surface area contributed by atoms with Gasteiger partial charge in [-0.3, -0.25) is 0 Å². The summed E-state index contributed by atoms with van der Waals surface area (Å²) < 4.78 is 5.10. The third-order valence-corrected chi connectivity index (χ3v) is 2.30. The summed E-state index contributed by atoms with van der Waals surface area (Å²) in [4.78, 5) is 0. The van der Waals surface area contributed by atoms with Crippen LogP contribution in [0.25, 0.3) is 0 Å². The fourth-order valence-corrected chi connectivity index (χ4v) is 1.50. The monoisotopic (exact) mass is 182 g/mol. The minimum Gasteiger partial charge on any atom is -0.384 e. The molecule has 0 aliphatic rings. The van der Waals surface area contributed by atoms with E-state index in [4.69, 9.17) is 4.74 Å². The fraction of sp³-hybridized carbons (Fsp3) is 0.400. The molecule has 0 aromatic heterocycles. The lowest BCUT2D eigenvalue weighted by Crippen LogP contribution is -2.07. The van der Waals surface area contributed by atoms with Crippen LogP contribution in [0.4, 0.5) is 0 Å². The zero-order chi connectivity index (χ0) is 8.81. The van der Waals surface area contributed by atoms with Gasteiger partial charge in [0.2, 0.25) is 0 Å². The number of ether oxygens (including phenoxy) is 1. The maximum absolute atomic E-state index is 5.10. The van der Waals surface area contributed by atoms with E-state index in [2.05, 4.69) is 24.8 Å². The molecule has 0 fully saturated rings. The van der Waals surface area contributed by atoms with Gasteiger partial charge in [-0.15, -0.1) is 0 Å². The molecule has 0 amide bonds. The van der Waals surface area contributed by atoms with Crippen molar-refractivity contribution in [3.63, 3.8) is 0 Å². The van der Waals surface area contributed by atoms with Gasteiger partial charge in [-0.1, -0.05) is 30.3 Å². The molecule has 0 aliphatic carbocycles. The molecule has 1 unspecified atom stereocenters. The van der Waals surface area contributed by atoms with Crippen LogP contribution in [0.15, 0.2) is 30.3 Å². The highest BCUT2D eigenvalue weighted by Gasteiger charge is 2.07. The lowest BCUT2D eigenvalue weighted by molar-refractivity contribution is 0.185. The van der Waals surface area contributed by atoms with E-state index in [0.29, 0.717) is 5.92 Å². The van der Waals surface area contributed by atoms with Gasteiger partial charge in [0.25, 0.3) is 0 Å². The summed E-state index contributed by atoms with van der Waals surface area (Å²) in [6.07, 6.45) is 0. The highest BCUT2D eigenvalue weighted by Crippen LogP contribution is 2.16. The molecule has 0 aliphatic heterocycles. The Balaban J connectivity index is 2.66. The lowest BCUT2D eigenvalue weighted by atomic mass is 10.0. The molecular formula is C10H14OS. The first-order chi connectivity index (χ1) is 5.88. The molecule has 1 atom stereocenters. The third-order valence-electron chi connectivity index (χ3n) is 1.86. The molecule has 0 saturated heterocycles. The van der Waals surface area contributed by atoms with Gasteiger partial charge < -0.3 is 4.74 Å². The Morgan fingerprint density at radius 3 is 2.50 bits per heavy atom. The first-order valence-electron chi connectivity index (χ1n) is 4.03. The van der Waals surface area contributed by atoms with Crippen LogP contribution >= 0.6 is 12.6 Å². The quantitative estimate of drug-likeness (QED) is 0.703. The Hall–Kier alpha value is -0.470. The number of hydrogen-bond donors (Lipinski definition) is 1. The average molecular weight is 182 g/mol. The van der Waals surface area contributed by atoms with Crippen molar-refractivity contribution in [3.8, 4) is 0 Å². The number of thiol groups is 1. The second-order valence-corrected chi connectivity index (χ2v) is 3.11. The molecule has 0 saturated carbocycles. The van der Waals surface area contributed by atoms with Crippen molar-refractivity contribution < 1.29 is 4.74 Å². The van der Waals surface area contributed by atoms with E-state index in [0.717, 1.165) is 12.4 Å². The van der Waals surface area contributed by atoms with E-state index in [9.17, 15) is 0 Å². The summed E-state index contributed by atoms with van der Waals surface area (Å²) in [6.45, 7) is 0.744. The van der Waals surface area contributed by atoms with Crippen molar-refractivity contribution in [1.29, 1.82) is 0 Å². The van der Waals surface area contributed by atoms with E-state index in [-0.39, 0.29) is 0 Å². The summed E-state index contributed by atoms with van der Waals surface area (Å²) in [5, 5.41) is 0. The smallest absolute Gasteiger partial charge is 0.0538 e. The van der Waals surface area contributed by atoms with Crippen LogP contribution in [-0.4, -0.2) is 19.5 Å². The van der Waals surface area contributed by atoms with Crippen LogP contribution in [0.2, 0.25) is 0 Å². The van der Waals surface area contributed by atoms with Crippen molar-refractivity contribution in [3.05, 3.63) is 35.9 Å². The standard InChI is InChI=1S/C10H14OS/c1-11-7-10(8-12)9-5-3-2-4-6-9/h2-6,10,12H,7-8H2,1H3. The van der Waals surface area contributed by atoms with Crippen molar-refractivity contribution in [2.75, 3.05) is 19.5 Å². The van der Waals surface area contributed by atoms with Crippen molar-refractivity contribution in [1.82, 2.24) is 0 Å². The summed E-state index contributed by atoms with van der Waals surface area (Å²) in [7, 11) is 1.72. The maximum Gasteiger partial charge on any atom is 0.0538 e. The average Bonchev–Trinajstić information content (AvgIpc) is 2.15. The van der Waals surface area contributed by atoms with Gasteiger partial charge in [0, 0.05) is 13.0 Å². The molecule has 0 radical (unpaired) electrons. The predicted octanol–water partition coefficient (Wildman–Crippen LogP) is 2.35.